The maximum absolute atomic E-state index is 12.4. The van der Waals surface area contributed by atoms with Gasteiger partial charge >= 0.3 is 5.97 Å². The van der Waals surface area contributed by atoms with E-state index >= 15 is 0 Å². The molecule has 2 saturated heterocycles. The first-order valence-electron chi connectivity index (χ1n) is 14.5. The van der Waals surface area contributed by atoms with Crippen LogP contribution in [0.4, 0.5) is 5.82 Å². The van der Waals surface area contributed by atoms with Crippen LogP contribution in [0.5, 0.6) is 5.75 Å². The third kappa shape index (κ3) is 6.29. The van der Waals surface area contributed by atoms with Crippen LogP contribution in [0.15, 0.2) is 40.9 Å². The van der Waals surface area contributed by atoms with Gasteiger partial charge in [-0.2, -0.15) is 5.10 Å². The van der Waals surface area contributed by atoms with Gasteiger partial charge in [0.05, 0.1) is 37.2 Å². The monoisotopic (exact) mass is 622 g/mol. The second kappa shape index (κ2) is 11.7. The summed E-state index contributed by atoms with van der Waals surface area (Å²) in [6.45, 7) is 11.6. The van der Waals surface area contributed by atoms with Crippen LogP contribution in [0.1, 0.15) is 47.8 Å². The number of nitrogens with one attached hydrogen (secondary N) is 1. The Bertz CT molecular complexity index is 1410. The molecule has 5 heterocycles. The summed E-state index contributed by atoms with van der Waals surface area (Å²) in [5, 5.41) is 8.01. The summed E-state index contributed by atoms with van der Waals surface area (Å²) in [5.74, 6) is 1.58. The third-order valence-corrected chi connectivity index (χ3v) is 9.20. The molecule has 0 radical (unpaired) electrons. The second-order valence-corrected chi connectivity index (χ2v) is 12.8. The number of halogens is 1. The molecule has 10 heteroatoms. The molecule has 1 N–H and O–H groups in total. The molecule has 2 aromatic heterocycles. The number of methoxy groups -OCH3 is 1. The Kier molecular flexibility index (Phi) is 8.07. The number of carbonyl (C=O) groups is 1. The van der Waals surface area contributed by atoms with Crippen molar-refractivity contribution in [1.82, 2.24) is 24.6 Å². The molecule has 3 aromatic rings. The summed E-state index contributed by atoms with van der Waals surface area (Å²) in [7, 11) is 1.47. The predicted octanol–water partition coefficient (Wildman–Crippen LogP) is 4.70. The Labute approximate surface area is 250 Å². The van der Waals surface area contributed by atoms with E-state index in [9.17, 15) is 4.79 Å². The summed E-state index contributed by atoms with van der Waals surface area (Å²) in [6.07, 6.45) is 2.74. The Balaban J connectivity index is 1.08. The minimum absolute atomic E-state index is 0.0424. The fraction of sp³-hybridized carbons (Fsp3) is 0.516. The lowest BCUT2D eigenvalue weighted by molar-refractivity contribution is -0.141. The van der Waals surface area contributed by atoms with Crippen molar-refractivity contribution in [3.8, 4) is 11.4 Å². The molecule has 0 amide bonds. The van der Waals surface area contributed by atoms with E-state index in [2.05, 4.69) is 73.4 Å². The highest BCUT2D eigenvalue weighted by Gasteiger charge is 2.45. The molecule has 0 aliphatic carbocycles. The van der Waals surface area contributed by atoms with Gasteiger partial charge in [-0.3, -0.25) is 9.69 Å². The number of fused-ring (bicyclic) bond motifs is 1. The Morgan fingerprint density at radius 2 is 1.95 bits per heavy atom. The summed E-state index contributed by atoms with van der Waals surface area (Å²) < 4.78 is 13.7. The number of piperidine rings is 1. The molecule has 3 aliphatic heterocycles. The molecule has 6 rings (SSSR count). The number of likely N-dealkylation sites (tertiary alicyclic amines) is 2. The van der Waals surface area contributed by atoms with E-state index in [1.807, 2.05) is 17.7 Å². The van der Waals surface area contributed by atoms with E-state index in [1.54, 1.807) is 0 Å². The number of hydrogen-bond acceptors (Lipinski definition) is 8. The van der Waals surface area contributed by atoms with Crippen molar-refractivity contribution >= 4 is 27.7 Å². The van der Waals surface area contributed by atoms with Crippen molar-refractivity contribution in [2.75, 3.05) is 58.3 Å². The standard InChI is InChI=1S/C31H39BrN6O3/c1-21-12-22(2)38(35-21)27-14-23(13-25(32)16-27)24(15-29(39)40-3)17-37-19-31(20-37)6-9-36(10-7-31)18-26-4-5-28-30(34-26)33-8-11-41-28/h4-5,12-14,16,24H,6-11,15,17-20H2,1-3H3,(H,33,34)/t24-/m1/s1. The highest BCUT2D eigenvalue weighted by Crippen LogP contribution is 2.42. The first-order valence-corrected chi connectivity index (χ1v) is 15.3. The summed E-state index contributed by atoms with van der Waals surface area (Å²) >= 11 is 3.71. The molecule has 218 valence electrons. The van der Waals surface area contributed by atoms with Crippen LogP contribution < -0.4 is 10.1 Å². The SMILES string of the molecule is COC(=O)C[C@H](CN1CC2(CCN(Cc3ccc4c(n3)NCCO4)CC2)C1)c1cc(Br)cc(-n2nc(C)cc2C)c1. The van der Waals surface area contributed by atoms with Crippen LogP contribution in [0.25, 0.3) is 5.69 Å². The number of ether oxygens (including phenoxy) is 2. The van der Waals surface area contributed by atoms with E-state index < -0.39 is 0 Å². The number of rotatable bonds is 8. The highest BCUT2D eigenvalue weighted by atomic mass is 79.9. The predicted molar refractivity (Wildman–Crippen MR) is 162 cm³/mol. The van der Waals surface area contributed by atoms with Gasteiger partial charge in [0.25, 0.3) is 0 Å². The van der Waals surface area contributed by atoms with E-state index in [4.69, 9.17) is 14.5 Å². The van der Waals surface area contributed by atoms with Gasteiger partial charge in [0.15, 0.2) is 11.6 Å². The lowest BCUT2D eigenvalue weighted by Crippen LogP contribution is -2.60. The summed E-state index contributed by atoms with van der Waals surface area (Å²) in [6, 6.07) is 12.6. The number of benzene rings is 1. The fourth-order valence-corrected chi connectivity index (χ4v) is 7.14. The van der Waals surface area contributed by atoms with Gasteiger partial charge in [-0.15, -0.1) is 0 Å². The highest BCUT2D eigenvalue weighted by molar-refractivity contribution is 9.10. The molecule has 0 bridgehead atoms. The third-order valence-electron chi connectivity index (χ3n) is 8.74. The summed E-state index contributed by atoms with van der Waals surface area (Å²) in [4.78, 5) is 22.3. The zero-order chi connectivity index (χ0) is 28.6. The van der Waals surface area contributed by atoms with Crippen molar-refractivity contribution in [2.45, 2.75) is 45.6 Å². The first kappa shape index (κ1) is 28.2. The fourth-order valence-electron chi connectivity index (χ4n) is 6.64. The molecule has 9 nitrogen and oxygen atoms in total. The van der Waals surface area contributed by atoms with Gasteiger partial charge in [-0.25, -0.2) is 9.67 Å². The zero-order valence-electron chi connectivity index (χ0n) is 24.2. The van der Waals surface area contributed by atoms with Crippen LogP contribution in [0.2, 0.25) is 0 Å². The van der Waals surface area contributed by atoms with Crippen molar-refractivity contribution in [1.29, 1.82) is 0 Å². The van der Waals surface area contributed by atoms with Crippen LogP contribution in [-0.4, -0.2) is 83.5 Å². The van der Waals surface area contributed by atoms with Crippen molar-refractivity contribution in [3.05, 3.63) is 63.5 Å². The lowest BCUT2D eigenvalue weighted by Gasteiger charge is -2.55. The molecule has 1 aromatic carbocycles. The number of hydrogen-bond donors (Lipinski definition) is 1. The molecule has 1 atom stereocenters. The molecular weight excluding hydrogens is 584 g/mol. The number of esters is 1. The van der Waals surface area contributed by atoms with Gasteiger partial charge in [0.2, 0.25) is 0 Å². The van der Waals surface area contributed by atoms with Crippen LogP contribution in [0, 0.1) is 19.3 Å². The van der Waals surface area contributed by atoms with Gasteiger partial charge in [-0.1, -0.05) is 15.9 Å². The number of aromatic nitrogens is 3. The minimum atomic E-state index is -0.177. The quantitative estimate of drug-likeness (QED) is 0.362. The van der Waals surface area contributed by atoms with Gasteiger partial charge in [0, 0.05) is 42.3 Å². The number of carbonyl (C=O) groups excluding carboxylic acids is 1. The van der Waals surface area contributed by atoms with Gasteiger partial charge in [0.1, 0.15) is 6.61 Å². The van der Waals surface area contributed by atoms with Crippen molar-refractivity contribution in [3.63, 3.8) is 0 Å². The average Bonchev–Trinajstić information content (AvgIpc) is 3.29. The first-order chi connectivity index (χ1) is 19.8. The topological polar surface area (TPSA) is 84.8 Å². The number of anilines is 1. The summed E-state index contributed by atoms with van der Waals surface area (Å²) in [5.41, 5.74) is 5.65. The molecule has 1 spiro atoms. The normalized spacial score (nSPS) is 19.1. The largest absolute Gasteiger partial charge is 0.488 e. The molecular formula is C31H39BrN6O3. The van der Waals surface area contributed by atoms with Crippen LogP contribution in [-0.2, 0) is 16.1 Å². The van der Waals surface area contributed by atoms with E-state index in [0.29, 0.717) is 18.4 Å². The molecule has 3 aliphatic rings. The molecule has 41 heavy (non-hydrogen) atoms. The average molecular weight is 624 g/mol. The number of nitrogens with zero attached hydrogens (tertiary/aromatic N) is 5. The van der Waals surface area contributed by atoms with Crippen LogP contribution in [0.3, 0.4) is 0 Å². The number of aryl methyl sites for hydroxylation is 2. The Morgan fingerprint density at radius 3 is 2.68 bits per heavy atom. The molecule has 0 saturated carbocycles. The minimum Gasteiger partial charge on any atom is -0.488 e. The van der Waals surface area contributed by atoms with E-state index in [0.717, 1.165) is 90.2 Å². The number of pyridine rings is 1. The maximum atomic E-state index is 12.4. The van der Waals surface area contributed by atoms with Gasteiger partial charge in [-0.05, 0) is 87.2 Å². The van der Waals surface area contributed by atoms with Crippen LogP contribution >= 0.6 is 15.9 Å². The Hall–Kier alpha value is -2.95. The zero-order valence-corrected chi connectivity index (χ0v) is 25.7. The lowest BCUT2D eigenvalue weighted by atomic mass is 9.71. The maximum Gasteiger partial charge on any atom is 0.306 e. The van der Waals surface area contributed by atoms with Crippen molar-refractivity contribution < 1.29 is 14.3 Å². The second-order valence-electron chi connectivity index (χ2n) is 11.9. The van der Waals surface area contributed by atoms with E-state index in [-0.39, 0.29) is 11.9 Å². The van der Waals surface area contributed by atoms with Crippen molar-refractivity contribution in [2.24, 2.45) is 5.41 Å². The smallest absolute Gasteiger partial charge is 0.306 e. The molecule has 0 unspecified atom stereocenters. The van der Waals surface area contributed by atoms with E-state index in [1.165, 1.54) is 20.0 Å². The van der Waals surface area contributed by atoms with Gasteiger partial charge < -0.3 is 19.7 Å². The Morgan fingerprint density at radius 1 is 1.15 bits per heavy atom. The molecule has 2 fully saturated rings.